The molecule has 0 N–H and O–H groups in total. The van der Waals surface area contributed by atoms with Crippen molar-refractivity contribution in [1.29, 1.82) is 0 Å². The molecule has 0 rings (SSSR count). The van der Waals surface area contributed by atoms with Crippen LogP contribution in [0.5, 0.6) is 0 Å². The molecule has 0 aliphatic carbocycles. The van der Waals surface area contributed by atoms with Crippen molar-refractivity contribution in [2.75, 3.05) is 0 Å². The molecule has 50 valence electrons. The van der Waals surface area contributed by atoms with Crippen molar-refractivity contribution in [3.05, 3.63) is 0 Å². The number of ether oxygens (including phenoxy) is 1. The van der Waals surface area contributed by atoms with E-state index in [1.54, 1.807) is 0 Å². The van der Waals surface area contributed by atoms with Gasteiger partial charge < -0.3 is 4.74 Å². The van der Waals surface area contributed by atoms with E-state index in [1.807, 2.05) is 0 Å². The van der Waals surface area contributed by atoms with Gasteiger partial charge in [-0.25, -0.2) is 4.79 Å². The molecule has 0 aromatic heterocycles. The molecule has 0 bridgehead atoms. The standard InChI is InChI=1S/C5H6O4.In/c1-3(6)5(8)9-4(2)7;/h1-2H3;/q;+3. The van der Waals surface area contributed by atoms with Crippen molar-refractivity contribution in [1.82, 2.24) is 0 Å². The second-order valence-electron chi connectivity index (χ2n) is 1.44. The maximum absolute atomic E-state index is 10.2. The minimum absolute atomic E-state index is 0. The maximum atomic E-state index is 10.2. The second kappa shape index (κ2) is 5.46. The molecule has 0 saturated heterocycles. The Hall–Kier alpha value is -0.320. The molecule has 0 aliphatic heterocycles. The Morgan fingerprint density at radius 2 is 1.50 bits per heavy atom. The van der Waals surface area contributed by atoms with Crippen LogP contribution in [0.3, 0.4) is 0 Å². The Labute approximate surface area is 76.7 Å². The first kappa shape index (κ1) is 12.4. The van der Waals surface area contributed by atoms with Crippen LogP contribution in [0.25, 0.3) is 0 Å². The van der Waals surface area contributed by atoms with Gasteiger partial charge in [0, 0.05) is 13.8 Å². The third kappa shape index (κ3) is 5.81. The van der Waals surface area contributed by atoms with Crippen LogP contribution in [0, 0.1) is 0 Å². The topological polar surface area (TPSA) is 60.4 Å². The van der Waals surface area contributed by atoms with Gasteiger partial charge in [-0.1, -0.05) is 0 Å². The minimum Gasteiger partial charge on any atom is -0.387 e. The van der Waals surface area contributed by atoms with E-state index in [2.05, 4.69) is 4.74 Å². The largest absolute Gasteiger partial charge is 3.00 e. The van der Waals surface area contributed by atoms with Gasteiger partial charge in [0.15, 0.2) is 0 Å². The van der Waals surface area contributed by atoms with Crippen molar-refractivity contribution in [2.45, 2.75) is 13.8 Å². The third-order valence-electron chi connectivity index (χ3n) is 0.524. The first-order valence-electron chi connectivity index (χ1n) is 2.27. The van der Waals surface area contributed by atoms with Crippen LogP contribution in [0.4, 0.5) is 0 Å². The van der Waals surface area contributed by atoms with Gasteiger partial charge in [-0.3, -0.25) is 9.59 Å². The zero-order valence-corrected chi connectivity index (χ0v) is 9.01. The summed E-state index contributed by atoms with van der Waals surface area (Å²) >= 11 is 0. The molecule has 10 heavy (non-hydrogen) atoms. The molecule has 0 aromatic rings. The minimum atomic E-state index is -1.11. The molecule has 0 saturated carbocycles. The number of esters is 2. The number of hydrogen-bond acceptors (Lipinski definition) is 4. The van der Waals surface area contributed by atoms with E-state index in [0.717, 1.165) is 13.8 Å². The average molecular weight is 245 g/mol. The number of rotatable bonds is 1. The van der Waals surface area contributed by atoms with Gasteiger partial charge in [0.2, 0.25) is 5.78 Å². The molecule has 0 fully saturated rings. The molecule has 5 heteroatoms. The first-order valence-corrected chi connectivity index (χ1v) is 2.27. The quantitative estimate of drug-likeness (QED) is 0.347. The molecule has 0 heterocycles. The molecular weight excluding hydrogens is 239 g/mol. The van der Waals surface area contributed by atoms with Gasteiger partial charge in [-0.05, 0) is 0 Å². The van der Waals surface area contributed by atoms with Crippen molar-refractivity contribution in [3.63, 3.8) is 0 Å². The summed E-state index contributed by atoms with van der Waals surface area (Å²) in [5.74, 6) is -2.65. The summed E-state index contributed by atoms with van der Waals surface area (Å²) in [5.41, 5.74) is 0. The Balaban J connectivity index is 0. The summed E-state index contributed by atoms with van der Waals surface area (Å²) in [6.45, 7) is 2.09. The average Bonchev–Trinajstić information content (AvgIpc) is 1.63. The summed E-state index contributed by atoms with van der Waals surface area (Å²) in [6.07, 6.45) is 0. The fraction of sp³-hybridized carbons (Fsp3) is 0.400. The Kier molecular flexibility index (Phi) is 6.76. The predicted octanol–water partition coefficient (Wildman–Crippen LogP) is -0.716. The SMILES string of the molecule is CC(=O)OC(=O)C(C)=O.[In+3]. The van der Waals surface area contributed by atoms with Gasteiger partial charge >= 0.3 is 37.8 Å². The van der Waals surface area contributed by atoms with Crippen LogP contribution < -0.4 is 0 Å². The Morgan fingerprint density at radius 1 is 1.10 bits per heavy atom. The summed E-state index contributed by atoms with van der Waals surface area (Å²) in [4.78, 5) is 30.2. The maximum Gasteiger partial charge on any atom is 3.00 e. The molecule has 0 amide bonds. The molecule has 0 atom stereocenters. The van der Waals surface area contributed by atoms with E-state index in [1.165, 1.54) is 0 Å². The van der Waals surface area contributed by atoms with Crippen molar-refractivity contribution >= 4 is 43.6 Å². The Bertz CT molecular complexity index is 163. The van der Waals surface area contributed by atoms with Gasteiger partial charge in [0.05, 0.1) is 0 Å². The smallest absolute Gasteiger partial charge is 0.387 e. The van der Waals surface area contributed by atoms with E-state index < -0.39 is 17.7 Å². The van der Waals surface area contributed by atoms with Crippen LogP contribution in [0.15, 0.2) is 0 Å². The fourth-order valence-corrected chi connectivity index (χ4v) is 0.202. The van der Waals surface area contributed by atoms with Crippen LogP contribution in [0.2, 0.25) is 0 Å². The summed E-state index contributed by atoms with van der Waals surface area (Å²) in [7, 11) is 0. The summed E-state index contributed by atoms with van der Waals surface area (Å²) in [5, 5.41) is 0. The summed E-state index contributed by atoms with van der Waals surface area (Å²) < 4.78 is 3.88. The zero-order valence-electron chi connectivity index (χ0n) is 5.71. The molecule has 4 nitrogen and oxygen atoms in total. The second-order valence-corrected chi connectivity index (χ2v) is 1.44. The van der Waals surface area contributed by atoms with Crippen molar-refractivity contribution in [3.8, 4) is 0 Å². The zero-order chi connectivity index (χ0) is 7.44. The number of Topliss-reactive ketones (excluding diaryl/α,β-unsaturated/α-hetero) is 1. The molecule has 0 spiro atoms. The van der Waals surface area contributed by atoms with E-state index >= 15 is 0 Å². The number of carbonyl (C=O) groups excluding carboxylic acids is 3. The normalized spacial score (nSPS) is 7.40. The van der Waals surface area contributed by atoms with Crippen LogP contribution in [-0.2, 0) is 19.1 Å². The van der Waals surface area contributed by atoms with Crippen molar-refractivity contribution in [2.24, 2.45) is 0 Å². The molecule has 0 aliphatic rings. The molecule has 0 aromatic carbocycles. The third-order valence-corrected chi connectivity index (χ3v) is 0.524. The summed E-state index contributed by atoms with van der Waals surface area (Å²) in [6, 6.07) is 0. The monoisotopic (exact) mass is 245 g/mol. The van der Waals surface area contributed by atoms with Crippen molar-refractivity contribution < 1.29 is 19.1 Å². The van der Waals surface area contributed by atoms with Gasteiger partial charge in [0.1, 0.15) is 0 Å². The van der Waals surface area contributed by atoms with Gasteiger partial charge in [-0.2, -0.15) is 0 Å². The van der Waals surface area contributed by atoms with Crippen LogP contribution in [-0.4, -0.2) is 43.6 Å². The Morgan fingerprint density at radius 3 is 1.60 bits per heavy atom. The van der Waals surface area contributed by atoms with Crippen LogP contribution in [0.1, 0.15) is 13.8 Å². The number of carbonyl (C=O) groups is 3. The van der Waals surface area contributed by atoms with E-state index in [4.69, 9.17) is 0 Å². The van der Waals surface area contributed by atoms with Gasteiger partial charge in [0.25, 0.3) is 0 Å². The van der Waals surface area contributed by atoms with E-state index in [9.17, 15) is 14.4 Å². The van der Waals surface area contributed by atoms with Gasteiger partial charge in [-0.15, -0.1) is 0 Å². The first-order chi connectivity index (χ1) is 4.04. The van der Waals surface area contributed by atoms with E-state index in [-0.39, 0.29) is 25.8 Å². The molecular formula is C5H6InO4+3. The fourth-order valence-electron chi connectivity index (χ4n) is 0.202. The number of ketones is 1. The van der Waals surface area contributed by atoms with E-state index in [0.29, 0.717) is 0 Å². The molecule has 0 unspecified atom stereocenters. The predicted molar refractivity (Wildman–Crippen MR) is 33.2 cm³/mol. The van der Waals surface area contributed by atoms with Crippen LogP contribution >= 0.6 is 0 Å². The number of hydrogen-bond donors (Lipinski definition) is 0. The molecule has 0 radical (unpaired) electrons.